The Morgan fingerprint density at radius 1 is 1.20 bits per heavy atom. The highest BCUT2D eigenvalue weighted by atomic mass is 19.4. The largest absolute Gasteiger partial charge is 0.481 e. The van der Waals surface area contributed by atoms with Gasteiger partial charge in [-0.2, -0.15) is 13.2 Å². The summed E-state index contributed by atoms with van der Waals surface area (Å²) in [6, 6.07) is 3.99. The van der Waals surface area contributed by atoms with Gasteiger partial charge < -0.3 is 20.2 Å². The predicted octanol–water partition coefficient (Wildman–Crippen LogP) is 4.48. The third kappa shape index (κ3) is 5.66. The van der Waals surface area contributed by atoms with Crippen LogP contribution < -0.4 is 5.32 Å². The minimum Gasteiger partial charge on any atom is -0.481 e. The number of carboxylic acid groups (broad SMARTS) is 1. The quantitative estimate of drug-likeness (QED) is 0.529. The molecule has 0 bridgehead atoms. The van der Waals surface area contributed by atoms with Gasteiger partial charge in [0.1, 0.15) is 11.6 Å². The van der Waals surface area contributed by atoms with E-state index in [9.17, 15) is 32.3 Å². The lowest BCUT2D eigenvalue weighted by Gasteiger charge is -2.28. The van der Waals surface area contributed by atoms with Crippen LogP contribution in [0.2, 0.25) is 0 Å². The van der Waals surface area contributed by atoms with Crippen molar-refractivity contribution in [1.29, 1.82) is 0 Å². The third-order valence-electron chi connectivity index (χ3n) is 6.37. The zero-order valence-corrected chi connectivity index (χ0v) is 18.9. The van der Waals surface area contributed by atoms with Crippen LogP contribution in [0.1, 0.15) is 47.7 Å². The van der Waals surface area contributed by atoms with E-state index in [1.54, 1.807) is 0 Å². The highest BCUT2D eigenvalue weighted by Crippen LogP contribution is 2.35. The molecule has 2 amide bonds. The van der Waals surface area contributed by atoms with Crippen LogP contribution in [0.15, 0.2) is 30.3 Å². The number of halogens is 4. The normalized spacial score (nSPS) is 16.7. The smallest absolute Gasteiger partial charge is 0.416 e. The molecule has 3 heterocycles. The molecule has 2 aliphatic heterocycles. The van der Waals surface area contributed by atoms with Gasteiger partial charge >= 0.3 is 18.2 Å². The molecule has 1 aromatic heterocycles. The molecule has 2 aliphatic rings. The Kier molecular flexibility index (Phi) is 7.13. The molecule has 0 aliphatic carbocycles. The molecule has 2 aromatic rings. The van der Waals surface area contributed by atoms with Gasteiger partial charge in [-0.15, -0.1) is 0 Å². The number of aromatic nitrogens is 1. The lowest BCUT2D eigenvalue weighted by Crippen LogP contribution is -2.36. The molecular weight excluding hydrogens is 468 g/mol. The van der Waals surface area contributed by atoms with Crippen LogP contribution in [0, 0.1) is 5.82 Å². The number of nitrogens with zero attached hydrogens (tertiary/aromatic N) is 3. The van der Waals surface area contributed by atoms with Crippen LogP contribution in [-0.4, -0.2) is 58.1 Å². The Morgan fingerprint density at radius 3 is 2.74 bits per heavy atom. The number of carbonyl (C=O) groups excluding carboxylic acids is 1. The zero-order chi connectivity index (χ0) is 25.2. The number of carboxylic acids is 1. The highest BCUT2D eigenvalue weighted by Gasteiger charge is 2.38. The van der Waals surface area contributed by atoms with Crippen molar-refractivity contribution in [3.05, 3.63) is 58.5 Å². The molecule has 1 saturated heterocycles. The number of alkyl halides is 3. The molecule has 7 nitrogen and oxygen atoms in total. The van der Waals surface area contributed by atoms with Crippen LogP contribution in [0.25, 0.3) is 0 Å². The number of fused-ring (bicyclic) bond motifs is 1. The van der Waals surface area contributed by atoms with E-state index < -0.39 is 47.6 Å². The van der Waals surface area contributed by atoms with Gasteiger partial charge in [-0.3, -0.25) is 4.79 Å². The molecule has 0 radical (unpaired) electrons. The molecule has 188 valence electrons. The van der Waals surface area contributed by atoms with Crippen LogP contribution in [0.4, 0.5) is 28.2 Å². The van der Waals surface area contributed by atoms with Crippen molar-refractivity contribution in [3.8, 4) is 0 Å². The van der Waals surface area contributed by atoms with Gasteiger partial charge in [0.15, 0.2) is 0 Å². The van der Waals surface area contributed by atoms with Crippen LogP contribution in [0.5, 0.6) is 0 Å². The number of carbonyl (C=O) groups is 2. The van der Waals surface area contributed by atoms with Gasteiger partial charge in [0.25, 0.3) is 0 Å². The molecule has 1 atom stereocenters. The summed E-state index contributed by atoms with van der Waals surface area (Å²) < 4.78 is 54.1. The average molecular weight is 494 g/mol. The number of anilines is 1. The fourth-order valence-corrected chi connectivity index (χ4v) is 4.59. The number of benzene rings is 1. The Labute approximate surface area is 199 Å². The summed E-state index contributed by atoms with van der Waals surface area (Å²) in [4.78, 5) is 31.7. The minimum atomic E-state index is -4.72. The van der Waals surface area contributed by atoms with Crippen molar-refractivity contribution in [3.63, 3.8) is 0 Å². The molecule has 11 heteroatoms. The van der Waals surface area contributed by atoms with E-state index in [0.717, 1.165) is 35.8 Å². The summed E-state index contributed by atoms with van der Waals surface area (Å²) in [5.41, 5.74) is 0.510. The van der Waals surface area contributed by atoms with E-state index in [1.807, 2.05) is 12.1 Å². The molecule has 2 N–H and O–H groups in total. The van der Waals surface area contributed by atoms with E-state index in [0.29, 0.717) is 37.6 Å². The number of pyridine rings is 1. The maximum absolute atomic E-state index is 14.5. The van der Waals surface area contributed by atoms with Gasteiger partial charge in [0.2, 0.25) is 0 Å². The SMILES string of the molecule is O=C(O)CC(c1cc(C(F)(F)F)ccc1F)N1CCN(CCCc2ccc3c(n2)NCCC3)C1=O. The Morgan fingerprint density at radius 2 is 2.00 bits per heavy atom. The number of aryl methyl sites for hydroxylation is 2. The van der Waals surface area contributed by atoms with E-state index in [2.05, 4.69) is 10.3 Å². The van der Waals surface area contributed by atoms with Crippen molar-refractivity contribution < 1.29 is 32.3 Å². The monoisotopic (exact) mass is 494 g/mol. The standard InChI is InChI=1S/C24H26F4N4O3/c25-19-8-6-16(24(26,27)28)13-18(19)20(14-21(33)34)32-12-11-31(23(32)35)10-2-4-17-7-5-15-3-1-9-29-22(15)30-17/h5-8,13,20H,1-4,9-12,14H2,(H,29,30)(H,33,34). The second-order valence-corrected chi connectivity index (χ2v) is 8.75. The maximum Gasteiger partial charge on any atom is 0.416 e. The summed E-state index contributed by atoms with van der Waals surface area (Å²) in [7, 11) is 0. The summed E-state index contributed by atoms with van der Waals surface area (Å²) in [6.45, 7) is 1.61. The Balaban J connectivity index is 1.44. The first-order chi connectivity index (χ1) is 16.6. The van der Waals surface area contributed by atoms with Gasteiger partial charge in [-0.1, -0.05) is 6.07 Å². The number of aliphatic carboxylic acids is 1. The maximum atomic E-state index is 14.5. The third-order valence-corrected chi connectivity index (χ3v) is 6.37. The number of amides is 2. The molecule has 1 unspecified atom stereocenters. The first-order valence-corrected chi connectivity index (χ1v) is 11.5. The first kappa shape index (κ1) is 24.7. The van der Waals surface area contributed by atoms with Crippen LogP contribution in [0.3, 0.4) is 0 Å². The predicted molar refractivity (Wildman–Crippen MR) is 119 cm³/mol. The lowest BCUT2D eigenvalue weighted by atomic mass is 9.99. The highest BCUT2D eigenvalue weighted by molar-refractivity contribution is 5.78. The summed E-state index contributed by atoms with van der Waals surface area (Å²) >= 11 is 0. The van der Waals surface area contributed by atoms with Gasteiger partial charge in [0.05, 0.1) is 18.0 Å². The first-order valence-electron chi connectivity index (χ1n) is 11.5. The zero-order valence-electron chi connectivity index (χ0n) is 18.9. The second kappa shape index (κ2) is 10.1. The number of nitrogens with one attached hydrogen (secondary N) is 1. The van der Waals surface area contributed by atoms with Crippen molar-refractivity contribution in [2.75, 3.05) is 31.5 Å². The van der Waals surface area contributed by atoms with E-state index in [-0.39, 0.29) is 13.1 Å². The van der Waals surface area contributed by atoms with E-state index in [1.165, 1.54) is 10.5 Å². The molecule has 0 spiro atoms. The molecule has 0 saturated carbocycles. The molecule has 4 rings (SSSR count). The van der Waals surface area contributed by atoms with Crippen molar-refractivity contribution in [2.45, 2.75) is 44.3 Å². The summed E-state index contributed by atoms with van der Waals surface area (Å²) in [5, 5.41) is 12.6. The topological polar surface area (TPSA) is 85.8 Å². The minimum absolute atomic E-state index is 0.0908. The molecule has 1 aromatic carbocycles. The molecular formula is C24H26F4N4O3. The van der Waals surface area contributed by atoms with Gasteiger partial charge in [-0.05, 0) is 55.5 Å². The Hall–Kier alpha value is -3.37. The Bertz CT molecular complexity index is 1110. The van der Waals surface area contributed by atoms with Gasteiger partial charge in [-0.25, -0.2) is 14.2 Å². The molecule has 35 heavy (non-hydrogen) atoms. The number of rotatable bonds is 8. The second-order valence-electron chi connectivity index (χ2n) is 8.75. The number of hydrogen-bond donors (Lipinski definition) is 2. The van der Waals surface area contributed by atoms with Crippen LogP contribution >= 0.6 is 0 Å². The average Bonchev–Trinajstić information content (AvgIpc) is 3.17. The fourth-order valence-electron chi connectivity index (χ4n) is 4.59. The molecule has 1 fully saturated rings. The lowest BCUT2D eigenvalue weighted by molar-refractivity contribution is -0.138. The van der Waals surface area contributed by atoms with E-state index >= 15 is 0 Å². The fraction of sp³-hybridized carbons (Fsp3) is 0.458. The number of hydrogen-bond acceptors (Lipinski definition) is 4. The van der Waals surface area contributed by atoms with Crippen LogP contribution in [-0.2, 0) is 23.8 Å². The van der Waals surface area contributed by atoms with Gasteiger partial charge in [0, 0.05) is 37.4 Å². The summed E-state index contributed by atoms with van der Waals surface area (Å²) in [6.07, 6.45) is -2.15. The van der Waals surface area contributed by atoms with Crippen molar-refractivity contribution in [1.82, 2.24) is 14.8 Å². The van der Waals surface area contributed by atoms with Crippen molar-refractivity contribution in [2.24, 2.45) is 0 Å². The number of urea groups is 1. The van der Waals surface area contributed by atoms with Crippen molar-refractivity contribution >= 4 is 17.8 Å². The summed E-state index contributed by atoms with van der Waals surface area (Å²) in [5.74, 6) is -1.44. The van der Waals surface area contributed by atoms with E-state index in [4.69, 9.17) is 0 Å².